The Morgan fingerprint density at radius 2 is 1.00 bits per heavy atom. The molecule has 10 nitrogen and oxygen atoms in total. The van der Waals surface area contributed by atoms with E-state index in [9.17, 15) is 19.2 Å². The maximum Gasteiger partial charge on any atom is 0.330 e. The van der Waals surface area contributed by atoms with Crippen molar-refractivity contribution >= 4 is 69.8 Å². The summed E-state index contributed by atoms with van der Waals surface area (Å²) in [5.74, 6) is 0.714. The number of fused-ring (bicyclic) bond motifs is 1. The van der Waals surface area contributed by atoms with Crippen LogP contribution in [0.2, 0.25) is 0 Å². The molecule has 1 N–H and O–H groups in total. The molecule has 4 heterocycles. The molecule has 0 aliphatic carbocycles. The predicted octanol–water partition coefficient (Wildman–Crippen LogP) is 10.2. The minimum absolute atomic E-state index is 0.0724. The van der Waals surface area contributed by atoms with Gasteiger partial charge < -0.3 is 29.1 Å². The fourth-order valence-corrected chi connectivity index (χ4v) is 9.09. The number of amides is 2. The van der Waals surface area contributed by atoms with Gasteiger partial charge >= 0.3 is 5.97 Å². The first-order valence-electron chi connectivity index (χ1n) is 21.6. The molecule has 0 atom stereocenters. The lowest BCUT2D eigenvalue weighted by Crippen LogP contribution is -2.30. The highest BCUT2D eigenvalue weighted by Crippen LogP contribution is 2.48. The maximum atomic E-state index is 14.4. The van der Waals surface area contributed by atoms with Crippen molar-refractivity contribution in [1.82, 2.24) is 9.80 Å². The van der Waals surface area contributed by atoms with Gasteiger partial charge in [0, 0.05) is 19.2 Å². The second kappa shape index (κ2) is 24.2. The fourth-order valence-electron chi connectivity index (χ4n) is 7.52. The summed E-state index contributed by atoms with van der Waals surface area (Å²) >= 11 is 3.13. The molecule has 326 valence electrons. The number of hydrogen-bond acceptors (Lipinski definition) is 10. The van der Waals surface area contributed by atoms with Gasteiger partial charge in [-0.3, -0.25) is 14.4 Å². The van der Waals surface area contributed by atoms with Crippen LogP contribution in [0.5, 0.6) is 11.5 Å². The van der Waals surface area contributed by atoms with Crippen molar-refractivity contribution in [3.8, 4) is 11.5 Å². The van der Waals surface area contributed by atoms with E-state index in [-0.39, 0.29) is 23.6 Å². The first-order chi connectivity index (χ1) is 30.4. The lowest BCUT2D eigenvalue weighted by atomic mass is 10.1. The van der Waals surface area contributed by atoms with Crippen LogP contribution in [0.4, 0.5) is 0 Å². The molecule has 0 saturated carbocycles. The number of ether oxygens (including phenoxy) is 3. The van der Waals surface area contributed by atoms with E-state index >= 15 is 0 Å². The molecule has 2 amide bonds. The van der Waals surface area contributed by atoms with Crippen LogP contribution in [0.15, 0.2) is 107 Å². The number of benzene rings is 2. The zero-order valence-corrected chi connectivity index (χ0v) is 37.1. The van der Waals surface area contributed by atoms with Gasteiger partial charge in [-0.25, -0.2) is 4.79 Å². The van der Waals surface area contributed by atoms with Crippen LogP contribution in [0.3, 0.4) is 0 Å². The van der Waals surface area contributed by atoms with E-state index in [1.165, 1.54) is 19.3 Å². The number of aliphatic hydroxyl groups is 1. The molecule has 2 aromatic carbocycles. The number of ketones is 1. The van der Waals surface area contributed by atoms with Crippen LogP contribution < -0.4 is 9.47 Å². The van der Waals surface area contributed by atoms with Gasteiger partial charge in [0.2, 0.25) is 0 Å². The van der Waals surface area contributed by atoms with Crippen molar-refractivity contribution in [2.24, 2.45) is 0 Å². The number of methoxy groups -OCH3 is 1. The summed E-state index contributed by atoms with van der Waals surface area (Å²) in [4.78, 5) is 57.0. The third kappa shape index (κ3) is 12.7. The molecule has 0 saturated heterocycles. The van der Waals surface area contributed by atoms with Gasteiger partial charge in [-0.05, 0) is 96.1 Å². The number of hydrogen-bond donors (Lipinski definition) is 1. The number of rotatable bonds is 27. The number of thiophene rings is 2. The molecule has 0 radical (unpaired) electrons. The Morgan fingerprint density at radius 1 is 0.581 bits per heavy atom. The van der Waals surface area contributed by atoms with Crippen LogP contribution in [0.1, 0.15) is 97.9 Å². The van der Waals surface area contributed by atoms with E-state index in [2.05, 4.69) is 4.74 Å². The number of carbonyl (C=O) groups is 4. The van der Waals surface area contributed by atoms with Gasteiger partial charge in [0.1, 0.15) is 18.1 Å². The standard InChI is InChI=1S/C50H56N2O8S2/c1-58-44(55)29-23-38-21-27-41(28-22-38)60-33-13-9-5-3-7-11-31-52-48(43-17-15-35-62-43)46-45(50(52)57)47(42-16-14-34-61-42)51(49(46)56)30-10-6-2-4-8-12-32-59-40-25-19-37(20-26-40)18-24-39(54)36-53/h14-29,34-35,53H,2-13,30-33,36H2,1H3/b24-18+,29-23+. The third-order valence-electron chi connectivity index (χ3n) is 10.8. The van der Waals surface area contributed by atoms with E-state index in [4.69, 9.17) is 14.6 Å². The van der Waals surface area contributed by atoms with Crippen LogP contribution in [0, 0.1) is 0 Å². The zero-order valence-electron chi connectivity index (χ0n) is 35.4. The lowest BCUT2D eigenvalue weighted by Gasteiger charge is -2.24. The summed E-state index contributed by atoms with van der Waals surface area (Å²) in [7, 11) is 1.35. The Balaban J connectivity index is 0.938. The van der Waals surface area contributed by atoms with Gasteiger partial charge in [0.05, 0.1) is 52.6 Å². The smallest absolute Gasteiger partial charge is 0.330 e. The second-order valence-electron chi connectivity index (χ2n) is 15.2. The number of carbonyl (C=O) groups excluding carboxylic acids is 4. The number of aliphatic hydroxyl groups excluding tert-OH is 1. The highest BCUT2D eigenvalue weighted by atomic mass is 32.1. The van der Waals surface area contributed by atoms with E-state index in [0.717, 1.165) is 121 Å². The molecule has 4 aromatic rings. The molecule has 2 aliphatic heterocycles. The average molecular weight is 877 g/mol. The minimum atomic E-state index is -0.495. The molecule has 2 aliphatic rings. The molecule has 0 bridgehead atoms. The Labute approximate surface area is 372 Å². The fraction of sp³-hybridized carbons (Fsp3) is 0.360. The van der Waals surface area contributed by atoms with Crippen LogP contribution in [-0.2, 0) is 23.9 Å². The maximum absolute atomic E-state index is 14.4. The number of esters is 1. The predicted molar refractivity (Wildman–Crippen MR) is 247 cm³/mol. The Hall–Kier alpha value is -5.56. The first-order valence-corrected chi connectivity index (χ1v) is 23.4. The van der Waals surface area contributed by atoms with Gasteiger partial charge in [-0.15, -0.1) is 22.7 Å². The van der Waals surface area contributed by atoms with Crippen LogP contribution in [-0.4, -0.2) is 78.5 Å². The third-order valence-corrected chi connectivity index (χ3v) is 12.5. The van der Waals surface area contributed by atoms with Crippen molar-refractivity contribution < 1.29 is 38.5 Å². The second-order valence-corrected chi connectivity index (χ2v) is 17.1. The topological polar surface area (TPSA) is 123 Å². The van der Waals surface area contributed by atoms with Gasteiger partial charge in [0.15, 0.2) is 5.78 Å². The van der Waals surface area contributed by atoms with Gasteiger partial charge in [0.25, 0.3) is 11.8 Å². The normalized spacial score (nSPS) is 14.0. The monoisotopic (exact) mass is 876 g/mol. The molecule has 62 heavy (non-hydrogen) atoms. The molecule has 0 spiro atoms. The highest BCUT2D eigenvalue weighted by molar-refractivity contribution is 7.11. The zero-order chi connectivity index (χ0) is 43.5. The van der Waals surface area contributed by atoms with Crippen molar-refractivity contribution in [2.75, 3.05) is 40.0 Å². The molecule has 2 aromatic heterocycles. The summed E-state index contributed by atoms with van der Waals surface area (Å²) in [5, 5.41) is 12.9. The highest BCUT2D eigenvalue weighted by Gasteiger charge is 2.49. The molecular weight excluding hydrogens is 821 g/mol. The minimum Gasteiger partial charge on any atom is -0.494 e. The van der Waals surface area contributed by atoms with E-state index in [1.807, 2.05) is 93.4 Å². The summed E-state index contributed by atoms with van der Waals surface area (Å²) < 4.78 is 16.4. The Kier molecular flexibility index (Phi) is 17.9. The van der Waals surface area contributed by atoms with Crippen molar-refractivity contribution in [2.45, 2.75) is 77.0 Å². The number of unbranched alkanes of at least 4 members (excludes halogenated alkanes) is 10. The SMILES string of the molecule is COC(=O)/C=C/c1ccc(OCCCCCCCCN2C(=O)C3=C(c4cccs4)N(CCCCCCCCOc4ccc(/C=C/C(=O)CO)cc4)C(=O)C3=C2c2cccs2)cc1. The largest absolute Gasteiger partial charge is 0.494 e. The Morgan fingerprint density at radius 3 is 1.40 bits per heavy atom. The molecule has 0 fully saturated rings. The number of nitrogens with zero attached hydrogens (tertiary/aromatic N) is 2. The van der Waals surface area contributed by atoms with Crippen LogP contribution >= 0.6 is 22.7 Å². The van der Waals surface area contributed by atoms with E-state index in [0.29, 0.717) is 37.4 Å². The summed E-state index contributed by atoms with van der Waals surface area (Å²) in [6.07, 6.45) is 18.1. The average Bonchev–Trinajstić information content (AvgIpc) is 4.12. The first kappa shape index (κ1) is 46.0. The van der Waals surface area contributed by atoms with Crippen molar-refractivity contribution in [3.05, 3.63) is 128 Å². The molecule has 12 heteroatoms. The van der Waals surface area contributed by atoms with Gasteiger partial charge in [-0.1, -0.05) is 93.8 Å². The van der Waals surface area contributed by atoms with Gasteiger partial charge in [-0.2, -0.15) is 0 Å². The summed E-state index contributed by atoms with van der Waals surface area (Å²) in [5.41, 5.74) is 4.39. The molecule has 0 unspecified atom stereocenters. The summed E-state index contributed by atoms with van der Waals surface area (Å²) in [6.45, 7) is 1.91. The lowest BCUT2D eigenvalue weighted by molar-refractivity contribution is -0.134. The summed E-state index contributed by atoms with van der Waals surface area (Å²) in [6, 6.07) is 23.1. The van der Waals surface area contributed by atoms with Crippen molar-refractivity contribution in [3.63, 3.8) is 0 Å². The molecular formula is C50H56N2O8S2. The van der Waals surface area contributed by atoms with Crippen molar-refractivity contribution in [1.29, 1.82) is 0 Å². The van der Waals surface area contributed by atoms with E-state index < -0.39 is 6.61 Å². The molecule has 6 rings (SSSR count). The van der Waals surface area contributed by atoms with Crippen LogP contribution in [0.25, 0.3) is 23.5 Å². The van der Waals surface area contributed by atoms with E-state index in [1.54, 1.807) is 34.8 Å². The Bertz CT molecular complexity index is 2050. The quantitative estimate of drug-likeness (QED) is 0.0357.